The van der Waals surface area contributed by atoms with Gasteiger partial charge in [0.2, 0.25) is 16.9 Å². The number of benzene rings is 1. The second-order valence-corrected chi connectivity index (χ2v) is 7.66. The number of furan rings is 1. The standard InChI is InChI=1S/C19H23N5O2S/c1-13(10-11-15-7-4-3-5-8-15)21-18(25)14(2)27-19-23-22-17(24(19)20)16-9-6-12-26-16/h3-9,12-14H,10-11,20H2,1-2H3,(H,21,25)/t13-,14+/m1/s1. The topological polar surface area (TPSA) is 99.0 Å². The molecule has 0 unspecified atom stereocenters. The molecule has 142 valence electrons. The molecule has 3 rings (SSSR count). The SMILES string of the molecule is C[C@H](CCc1ccccc1)NC(=O)[C@H](C)Sc1nnc(-c2ccco2)n1N. The summed E-state index contributed by atoms with van der Waals surface area (Å²) in [4.78, 5) is 12.5. The third kappa shape index (κ3) is 4.91. The quantitative estimate of drug-likeness (QED) is 0.457. The van der Waals surface area contributed by atoms with E-state index in [0.717, 1.165) is 12.8 Å². The summed E-state index contributed by atoms with van der Waals surface area (Å²) in [5.74, 6) is 6.94. The number of hydrogen-bond donors (Lipinski definition) is 2. The van der Waals surface area contributed by atoms with Gasteiger partial charge in [0.25, 0.3) is 0 Å². The predicted molar refractivity (Wildman–Crippen MR) is 106 cm³/mol. The van der Waals surface area contributed by atoms with Crippen molar-refractivity contribution in [1.29, 1.82) is 0 Å². The lowest BCUT2D eigenvalue weighted by Crippen LogP contribution is -2.38. The number of carbonyl (C=O) groups is 1. The van der Waals surface area contributed by atoms with E-state index in [1.807, 2.05) is 32.0 Å². The first-order valence-electron chi connectivity index (χ1n) is 8.80. The summed E-state index contributed by atoms with van der Waals surface area (Å²) in [6.07, 6.45) is 3.35. The number of hydrogen-bond acceptors (Lipinski definition) is 6. The van der Waals surface area contributed by atoms with E-state index >= 15 is 0 Å². The van der Waals surface area contributed by atoms with Crippen LogP contribution >= 0.6 is 11.8 Å². The summed E-state index contributed by atoms with van der Waals surface area (Å²) >= 11 is 1.26. The lowest BCUT2D eigenvalue weighted by molar-refractivity contribution is -0.120. The highest BCUT2D eigenvalue weighted by Gasteiger charge is 2.21. The van der Waals surface area contributed by atoms with E-state index in [9.17, 15) is 4.79 Å². The van der Waals surface area contributed by atoms with Gasteiger partial charge in [-0.15, -0.1) is 10.2 Å². The van der Waals surface area contributed by atoms with E-state index in [4.69, 9.17) is 10.3 Å². The molecule has 2 aromatic heterocycles. The van der Waals surface area contributed by atoms with Gasteiger partial charge in [0.1, 0.15) is 0 Å². The van der Waals surface area contributed by atoms with Crippen LogP contribution in [0.5, 0.6) is 0 Å². The van der Waals surface area contributed by atoms with E-state index in [0.29, 0.717) is 16.7 Å². The fourth-order valence-electron chi connectivity index (χ4n) is 2.60. The Balaban J connectivity index is 1.52. The van der Waals surface area contributed by atoms with Gasteiger partial charge in [-0.3, -0.25) is 4.79 Å². The van der Waals surface area contributed by atoms with Crippen LogP contribution in [0.1, 0.15) is 25.8 Å². The number of rotatable bonds is 8. The monoisotopic (exact) mass is 385 g/mol. The molecule has 0 saturated heterocycles. The largest absolute Gasteiger partial charge is 0.461 e. The van der Waals surface area contributed by atoms with Gasteiger partial charge >= 0.3 is 0 Å². The van der Waals surface area contributed by atoms with Crippen LogP contribution in [0.25, 0.3) is 11.6 Å². The number of carbonyl (C=O) groups excluding carboxylic acids is 1. The third-order valence-electron chi connectivity index (χ3n) is 4.16. The van der Waals surface area contributed by atoms with Crippen molar-refractivity contribution in [2.45, 2.75) is 43.1 Å². The van der Waals surface area contributed by atoms with Crippen molar-refractivity contribution in [2.24, 2.45) is 0 Å². The van der Waals surface area contributed by atoms with E-state index in [-0.39, 0.29) is 17.2 Å². The first kappa shape index (κ1) is 19.0. The molecule has 0 radical (unpaired) electrons. The van der Waals surface area contributed by atoms with Crippen molar-refractivity contribution in [1.82, 2.24) is 20.2 Å². The second kappa shape index (κ2) is 8.77. The van der Waals surface area contributed by atoms with E-state index in [1.54, 1.807) is 18.4 Å². The number of nitrogens with zero attached hydrogens (tertiary/aromatic N) is 3. The number of nitrogens with one attached hydrogen (secondary N) is 1. The van der Waals surface area contributed by atoms with Crippen LogP contribution < -0.4 is 11.2 Å². The average Bonchev–Trinajstić information content (AvgIpc) is 3.31. The molecular formula is C19H23N5O2S. The first-order chi connectivity index (χ1) is 13.0. The number of nitrogens with two attached hydrogens (primary N) is 1. The van der Waals surface area contributed by atoms with Gasteiger partial charge in [-0.25, -0.2) is 4.68 Å². The third-order valence-corrected chi connectivity index (χ3v) is 5.21. The molecule has 7 nitrogen and oxygen atoms in total. The highest BCUT2D eigenvalue weighted by Crippen LogP contribution is 2.25. The van der Waals surface area contributed by atoms with Crippen molar-refractivity contribution in [3.63, 3.8) is 0 Å². The van der Waals surface area contributed by atoms with Crippen LogP contribution in [0.15, 0.2) is 58.3 Å². The molecule has 0 spiro atoms. The molecule has 2 heterocycles. The Morgan fingerprint density at radius 1 is 1.22 bits per heavy atom. The van der Waals surface area contributed by atoms with Crippen LogP contribution in [0.3, 0.4) is 0 Å². The zero-order valence-electron chi connectivity index (χ0n) is 15.3. The Labute approximate surface area is 162 Å². The molecular weight excluding hydrogens is 362 g/mol. The molecule has 2 atom stereocenters. The maximum absolute atomic E-state index is 12.5. The summed E-state index contributed by atoms with van der Waals surface area (Å²) in [6, 6.07) is 13.8. The molecule has 0 saturated carbocycles. The van der Waals surface area contributed by atoms with Gasteiger partial charge in [-0.05, 0) is 44.4 Å². The lowest BCUT2D eigenvalue weighted by Gasteiger charge is -2.17. The first-order valence-corrected chi connectivity index (χ1v) is 9.68. The highest BCUT2D eigenvalue weighted by molar-refractivity contribution is 8.00. The number of amides is 1. The summed E-state index contributed by atoms with van der Waals surface area (Å²) < 4.78 is 6.63. The summed E-state index contributed by atoms with van der Waals surface area (Å²) in [5, 5.41) is 11.3. The highest BCUT2D eigenvalue weighted by atomic mass is 32.2. The maximum Gasteiger partial charge on any atom is 0.233 e. The number of aryl methyl sites for hydroxylation is 1. The maximum atomic E-state index is 12.5. The van der Waals surface area contributed by atoms with Crippen molar-refractivity contribution < 1.29 is 9.21 Å². The van der Waals surface area contributed by atoms with Crippen molar-refractivity contribution in [3.05, 3.63) is 54.3 Å². The normalized spacial score (nSPS) is 13.3. The second-order valence-electron chi connectivity index (χ2n) is 6.35. The van der Waals surface area contributed by atoms with Gasteiger partial charge in [0.15, 0.2) is 5.76 Å². The summed E-state index contributed by atoms with van der Waals surface area (Å²) in [5.41, 5.74) is 1.27. The molecule has 3 aromatic rings. The number of thioether (sulfide) groups is 1. The molecule has 0 bridgehead atoms. The zero-order valence-corrected chi connectivity index (χ0v) is 16.1. The predicted octanol–water partition coefficient (Wildman–Crippen LogP) is 2.87. The summed E-state index contributed by atoms with van der Waals surface area (Å²) in [7, 11) is 0. The summed E-state index contributed by atoms with van der Waals surface area (Å²) in [6.45, 7) is 3.84. The van der Waals surface area contributed by atoms with Crippen molar-refractivity contribution in [2.75, 3.05) is 5.84 Å². The molecule has 3 N–H and O–H groups in total. The Kier molecular flexibility index (Phi) is 6.18. The smallest absolute Gasteiger partial charge is 0.233 e. The lowest BCUT2D eigenvalue weighted by atomic mass is 10.1. The van der Waals surface area contributed by atoms with Gasteiger partial charge < -0.3 is 15.6 Å². The van der Waals surface area contributed by atoms with Crippen LogP contribution in [0, 0.1) is 0 Å². The van der Waals surface area contributed by atoms with Gasteiger partial charge in [0, 0.05) is 6.04 Å². The van der Waals surface area contributed by atoms with Gasteiger partial charge in [-0.1, -0.05) is 42.1 Å². The van der Waals surface area contributed by atoms with Gasteiger partial charge in [-0.2, -0.15) is 0 Å². The minimum Gasteiger partial charge on any atom is -0.461 e. The Morgan fingerprint density at radius 3 is 2.70 bits per heavy atom. The molecule has 8 heteroatoms. The Bertz CT molecular complexity index is 864. The molecule has 0 aliphatic carbocycles. The van der Waals surface area contributed by atoms with Crippen LogP contribution in [-0.2, 0) is 11.2 Å². The van der Waals surface area contributed by atoms with Crippen molar-refractivity contribution in [3.8, 4) is 11.6 Å². The minimum atomic E-state index is -0.347. The fraction of sp³-hybridized carbons (Fsp3) is 0.316. The van der Waals surface area contributed by atoms with E-state index in [2.05, 4.69) is 27.6 Å². The van der Waals surface area contributed by atoms with Crippen LogP contribution in [0.4, 0.5) is 0 Å². The molecule has 0 aliphatic heterocycles. The molecule has 27 heavy (non-hydrogen) atoms. The zero-order chi connectivity index (χ0) is 19.2. The van der Waals surface area contributed by atoms with Crippen LogP contribution in [0.2, 0.25) is 0 Å². The average molecular weight is 385 g/mol. The molecule has 1 aromatic carbocycles. The fourth-order valence-corrected chi connectivity index (χ4v) is 3.38. The van der Waals surface area contributed by atoms with E-state index < -0.39 is 0 Å². The number of aromatic nitrogens is 3. The number of nitrogen functional groups attached to an aromatic ring is 1. The minimum absolute atomic E-state index is 0.0527. The Hall–Kier alpha value is -2.74. The Morgan fingerprint density at radius 2 is 2.00 bits per heavy atom. The van der Waals surface area contributed by atoms with Gasteiger partial charge in [0.05, 0.1) is 11.5 Å². The van der Waals surface area contributed by atoms with Crippen LogP contribution in [-0.4, -0.2) is 32.1 Å². The molecule has 0 fully saturated rings. The van der Waals surface area contributed by atoms with E-state index in [1.165, 1.54) is 22.0 Å². The molecule has 1 amide bonds. The van der Waals surface area contributed by atoms with Crippen molar-refractivity contribution >= 4 is 17.7 Å². The molecule has 0 aliphatic rings.